The van der Waals surface area contributed by atoms with Gasteiger partial charge in [0.2, 0.25) is 22.7 Å². The van der Waals surface area contributed by atoms with Crippen molar-refractivity contribution in [2.24, 2.45) is 0 Å². The van der Waals surface area contributed by atoms with E-state index in [0.29, 0.717) is 11.1 Å². The van der Waals surface area contributed by atoms with E-state index in [2.05, 4.69) is 13.2 Å². The molecule has 24 heavy (non-hydrogen) atoms. The number of thiocarbonyl (C=S) groups is 2. The van der Waals surface area contributed by atoms with Gasteiger partial charge in [-0.05, 0) is 38.3 Å². The smallest absolute Gasteiger partial charge is 0.281 e. The third-order valence-corrected chi connectivity index (χ3v) is 4.19. The van der Waals surface area contributed by atoms with Crippen LogP contribution in [0.15, 0.2) is 24.3 Å². The first kappa shape index (κ1) is 18.5. The molecule has 2 heterocycles. The summed E-state index contributed by atoms with van der Waals surface area (Å²) in [5.41, 5.74) is 1.31. The zero-order chi connectivity index (χ0) is 18.3. The van der Waals surface area contributed by atoms with Crippen molar-refractivity contribution in [2.75, 3.05) is 13.1 Å². The van der Waals surface area contributed by atoms with E-state index in [9.17, 15) is 19.8 Å². The number of nitrogens with zero attached hydrogens (tertiary/aromatic N) is 4. The molecule has 0 bridgehead atoms. The molecule has 0 spiro atoms. The van der Waals surface area contributed by atoms with Crippen molar-refractivity contribution in [1.29, 1.82) is 0 Å². The maximum Gasteiger partial charge on any atom is 0.281 e. The molecule has 2 aliphatic rings. The van der Waals surface area contributed by atoms with E-state index in [1.807, 2.05) is 0 Å². The molecule has 0 saturated carbocycles. The quantitative estimate of drug-likeness (QED) is 0.497. The van der Waals surface area contributed by atoms with Gasteiger partial charge in [0.25, 0.3) is 11.8 Å². The Kier molecular flexibility index (Phi) is 5.04. The average Bonchev–Trinajstić information content (AvgIpc) is 2.80. The molecule has 2 N–H and O–H groups in total. The van der Waals surface area contributed by atoms with Crippen LogP contribution in [0.25, 0.3) is 0 Å². The molecule has 2 unspecified atom stereocenters. The molecule has 0 aromatic carbocycles. The lowest BCUT2D eigenvalue weighted by Crippen LogP contribution is -2.54. The molecule has 2 atom stereocenters. The minimum absolute atomic E-state index is 0.0677. The second kappa shape index (κ2) is 6.55. The highest BCUT2D eigenvalue weighted by atomic mass is 32.1. The fourth-order valence-electron chi connectivity index (χ4n) is 2.38. The molecule has 2 fully saturated rings. The number of hydrogen-bond donors (Lipinski definition) is 2. The summed E-state index contributed by atoms with van der Waals surface area (Å²) in [6.07, 6.45) is -3.36. The van der Waals surface area contributed by atoms with Gasteiger partial charge in [0.1, 0.15) is 0 Å². The fraction of sp³-hybridized carbons (Fsp3) is 0.429. The second-order valence-corrected chi connectivity index (χ2v) is 6.49. The summed E-state index contributed by atoms with van der Waals surface area (Å²) in [5.74, 6) is -1.35. The van der Waals surface area contributed by atoms with Crippen molar-refractivity contribution >= 4 is 46.5 Å². The van der Waals surface area contributed by atoms with Crippen molar-refractivity contribution in [3.8, 4) is 0 Å². The highest BCUT2D eigenvalue weighted by Gasteiger charge is 2.52. The van der Waals surface area contributed by atoms with Crippen molar-refractivity contribution in [3.63, 3.8) is 0 Å². The molecule has 2 amide bonds. The first-order valence-corrected chi connectivity index (χ1v) is 7.83. The van der Waals surface area contributed by atoms with Gasteiger partial charge in [0.15, 0.2) is 0 Å². The monoisotopic (exact) mass is 370 g/mol. The van der Waals surface area contributed by atoms with Crippen LogP contribution < -0.4 is 0 Å². The Bertz CT molecular complexity index is 609. The van der Waals surface area contributed by atoms with E-state index in [4.69, 9.17) is 24.4 Å². The Morgan fingerprint density at radius 2 is 1.21 bits per heavy atom. The Morgan fingerprint density at radius 3 is 1.46 bits per heavy atom. The van der Waals surface area contributed by atoms with Crippen LogP contribution in [0.5, 0.6) is 0 Å². The summed E-state index contributed by atoms with van der Waals surface area (Å²) in [7, 11) is 0. The molecular formula is C14H18N4O4S2. The number of aliphatic hydroxyl groups excluding tert-OH is 2. The van der Waals surface area contributed by atoms with Gasteiger partial charge in [0, 0.05) is 13.1 Å². The number of amides is 2. The first-order valence-electron chi connectivity index (χ1n) is 7.01. The summed E-state index contributed by atoms with van der Waals surface area (Å²) in [5, 5.41) is 22.2. The summed E-state index contributed by atoms with van der Waals surface area (Å²) in [4.78, 5) is 26.7. The van der Waals surface area contributed by atoms with E-state index in [1.54, 1.807) is 13.8 Å². The molecule has 130 valence electrons. The summed E-state index contributed by atoms with van der Waals surface area (Å²) < 4.78 is 0. The van der Waals surface area contributed by atoms with Crippen LogP contribution in [-0.4, -0.2) is 77.6 Å². The zero-order valence-electron chi connectivity index (χ0n) is 13.3. The van der Waals surface area contributed by atoms with Gasteiger partial charge in [-0.1, -0.05) is 24.3 Å². The lowest BCUT2D eigenvalue weighted by molar-refractivity contribution is -0.155. The summed E-state index contributed by atoms with van der Waals surface area (Å²) in [6, 6.07) is 0. The molecule has 0 radical (unpaired) electrons. The number of hydrazine groups is 1. The van der Waals surface area contributed by atoms with Crippen molar-refractivity contribution < 1.29 is 19.8 Å². The van der Waals surface area contributed by atoms with E-state index >= 15 is 0 Å². The molecule has 2 rings (SSSR count). The fourth-order valence-corrected chi connectivity index (χ4v) is 3.07. The van der Waals surface area contributed by atoms with Crippen LogP contribution in [0.2, 0.25) is 0 Å². The van der Waals surface area contributed by atoms with Crippen molar-refractivity contribution in [1.82, 2.24) is 19.8 Å². The van der Waals surface area contributed by atoms with Gasteiger partial charge >= 0.3 is 0 Å². The highest BCUT2D eigenvalue weighted by Crippen LogP contribution is 2.27. The largest absolute Gasteiger partial charge is 0.364 e. The first-order chi connectivity index (χ1) is 11.1. The number of carbonyl (C=O) groups is 2. The van der Waals surface area contributed by atoms with Crippen LogP contribution in [0, 0.1) is 0 Å². The number of aliphatic hydroxyl groups is 2. The van der Waals surface area contributed by atoms with Crippen LogP contribution >= 0.6 is 24.4 Å². The highest BCUT2D eigenvalue weighted by molar-refractivity contribution is 7.80. The topological polar surface area (TPSA) is 87.6 Å². The number of carbonyl (C=O) groups excluding carboxylic acids is 2. The van der Waals surface area contributed by atoms with Gasteiger partial charge in [-0.15, -0.1) is 0 Å². The summed E-state index contributed by atoms with van der Waals surface area (Å²) >= 11 is 10.4. The van der Waals surface area contributed by atoms with Gasteiger partial charge in [-0.25, -0.2) is 10.0 Å². The van der Waals surface area contributed by atoms with Gasteiger partial charge < -0.3 is 10.2 Å². The normalized spacial score (nSPS) is 24.5. The standard InChI is InChI=1S/C14H18N4O4S2/c1-7(2)5-15-9(19)11(21)17(13(15)23)18-12(22)10(20)16(14(18)24)6-8(3)4/h11-12,21-22H,1,3,5-6H2,2,4H3. The van der Waals surface area contributed by atoms with E-state index < -0.39 is 24.3 Å². The van der Waals surface area contributed by atoms with E-state index in [0.717, 1.165) is 19.8 Å². The Morgan fingerprint density at radius 1 is 0.917 bits per heavy atom. The molecular weight excluding hydrogens is 352 g/mol. The maximum atomic E-state index is 12.2. The van der Waals surface area contributed by atoms with Gasteiger partial charge in [-0.3, -0.25) is 19.4 Å². The summed E-state index contributed by atoms with van der Waals surface area (Å²) in [6.45, 7) is 11.1. The minimum Gasteiger partial charge on any atom is -0.364 e. The van der Waals surface area contributed by atoms with E-state index in [1.165, 1.54) is 0 Å². The average molecular weight is 370 g/mol. The van der Waals surface area contributed by atoms with Crippen LogP contribution in [0.4, 0.5) is 0 Å². The predicted octanol–water partition coefficient (Wildman–Crippen LogP) is -0.451. The molecule has 2 aliphatic heterocycles. The Balaban J connectivity index is 2.33. The molecule has 0 aromatic heterocycles. The Labute approximate surface area is 150 Å². The van der Waals surface area contributed by atoms with Crippen LogP contribution in [0.1, 0.15) is 13.8 Å². The second-order valence-electron chi connectivity index (χ2n) is 5.76. The Hall–Kier alpha value is -1.88. The number of rotatable bonds is 5. The predicted molar refractivity (Wildman–Crippen MR) is 93.9 cm³/mol. The molecule has 8 nitrogen and oxygen atoms in total. The minimum atomic E-state index is -1.68. The van der Waals surface area contributed by atoms with Crippen molar-refractivity contribution in [2.45, 2.75) is 26.3 Å². The zero-order valence-corrected chi connectivity index (χ0v) is 14.9. The third kappa shape index (κ3) is 2.93. The lowest BCUT2D eigenvalue weighted by atomic mass is 10.3. The molecule has 0 aliphatic carbocycles. The third-order valence-electron chi connectivity index (χ3n) is 3.38. The maximum absolute atomic E-state index is 12.2. The van der Waals surface area contributed by atoms with E-state index in [-0.39, 0.29) is 23.3 Å². The van der Waals surface area contributed by atoms with Crippen molar-refractivity contribution in [3.05, 3.63) is 24.3 Å². The molecule has 2 saturated heterocycles. The SMILES string of the molecule is C=C(C)CN1C(=O)C(O)N(N2C(=S)N(CC(=C)C)C(=O)C2O)C1=S. The number of hydrogen-bond acceptors (Lipinski definition) is 6. The molecule has 0 aromatic rings. The molecule has 10 heteroatoms. The van der Waals surface area contributed by atoms with Crippen LogP contribution in [-0.2, 0) is 9.59 Å². The lowest BCUT2D eigenvalue weighted by Gasteiger charge is -2.32. The van der Waals surface area contributed by atoms with Crippen LogP contribution in [0.3, 0.4) is 0 Å². The van der Waals surface area contributed by atoms with Gasteiger partial charge in [-0.2, -0.15) is 0 Å². The van der Waals surface area contributed by atoms with Gasteiger partial charge in [0.05, 0.1) is 0 Å².